The fourth-order valence-corrected chi connectivity index (χ4v) is 3.46. The van der Waals surface area contributed by atoms with Crippen molar-refractivity contribution in [2.45, 2.75) is 19.3 Å². The molecule has 2 aliphatic rings. The molecule has 0 aliphatic carbocycles. The summed E-state index contributed by atoms with van der Waals surface area (Å²) in [7, 11) is 1.93. The molecule has 2 aliphatic heterocycles. The van der Waals surface area contributed by atoms with Gasteiger partial charge in [-0.25, -0.2) is 0 Å². The van der Waals surface area contributed by atoms with Gasteiger partial charge in [0.2, 0.25) is 0 Å². The number of fused-ring (bicyclic) bond motifs is 1. The first-order valence-corrected chi connectivity index (χ1v) is 8.45. The number of carbonyl (C=O) groups excluding carboxylic acids is 2. The normalized spacial score (nSPS) is 20.2. The molecule has 1 aromatic rings. The minimum Gasteiger partial charge on any atom is -0.395 e. The second kappa shape index (κ2) is 6.07. The largest absolute Gasteiger partial charge is 0.395 e. The molecular formula is C17H19N3O3S. The van der Waals surface area contributed by atoms with E-state index in [2.05, 4.69) is 16.4 Å². The first-order valence-electron chi connectivity index (χ1n) is 7.63. The summed E-state index contributed by atoms with van der Waals surface area (Å²) in [6.07, 6.45) is 1.70. The van der Waals surface area contributed by atoms with Crippen LogP contribution in [0.1, 0.15) is 19.4 Å². The van der Waals surface area contributed by atoms with E-state index >= 15 is 0 Å². The van der Waals surface area contributed by atoms with Gasteiger partial charge in [0.25, 0.3) is 11.1 Å². The number of thioether (sulfide) groups is 1. The van der Waals surface area contributed by atoms with Gasteiger partial charge < -0.3 is 10.0 Å². The highest BCUT2D eigenvalue weighted by Gasteiger charge is 2.36. The van der Waals surface area contributed by atoms with Crippen LogP contribution < -0.4 is 10.2 Å². The number of carbonyl (C=O) groups is 2. The third-order valence-electron chi connectivity index (χ3n) is 4.32. The Labute approximate surface area is 144 Å². The summed E-state index contributed by atoms with van der Waals surface area (Å²) < 4.78 is 0. The molecule has 0 bridgehead atoms. The van der Waals surface area contributed by atoms with Crippen LogP contribution in [0.4, 0.5) is 16.2 Å². The fraction of sp³-hybridized carbons (Fsp3) is 0.353. The van der Waals surface area contributed by atoms with Crippen molar-refractivity contribution >= 4 is 40.0 Å². The van der Waals surface area contributed by atoms with Crippen molar-refractivity contribution in [3.8, 4) is 0 Å². The lowest BCUT2D eigenvalue weighted by atomic mass is 9.81. The number of allylic oxidation sites excluding steroid dienone is 1. The Hall–Kier alpha value is -2.12. The van der Waals surface area contributed by atoms with E-state index in [1.165, 1.54) is 0 Å². The number of anilines is 1. The van der Waals surface area contributed by atoms with Crippen molar-refractivity contribution in [1.82, 2.24) is 5.32 Å². The van der Waals surface area contributed by atoms with Gasteiger partial charge in [-0.2, -0.15) is 0 Å². The molecule has 0 aromatic heterocycles. The van der Waals surface area contributed by atoms with Crippen LogP contribution in [0.3, 0.4) is 0 Å². The van der Waals surface area contributed by atoms with Crippen molar-refractivity contribution < 1.29 is 14.7 Å². The van der Waals surface area contributed by atoms with E-state index in [0.717, 1.165) is 34.4 Å². The number of hydrogen-bond donors (Lipinski definition) is 2. The highest BCUT2D eigenvalue weighted by Crippen LogP contribution is 2.43. The van der Waals surface area contributed by atoms with Crippen molar-refractivity contribution in [2.75, 3.05) is 25.1 Å². The molecule has 1 aromatic carbocycles. The van der Waals surface area contributed by atoms with E-state index in [9.17, 15) is 9.59 Å². The lowest BCUT2D eigenvalue weighted by molar-refractivity contribution is -0.115. The molecule has 0 atom stereocenters. The van der Waals surface area contributed by atoms with Gasteiger partial charge in [-0.1, -0.05) is 13.8 Å². The predicted molar refractivity (Wildman–Crippen MR) is 96.1 cm³/mol. The third-order valence-corrected chi connectivity index (χ3v) is 5.13. The van der Waals surface area contributed by atoms with Crippen LogP contribution in [0.2, 0.25) is 0 Å². The van der Waals surface area contributed by atoms with Gasteiger partial charge in [-0.05, 0) is 41.6 Å². The summed E-state index contributed by atoms with van der Waals surface area (Å²) in [5, 5.41) is 11.0. The Bertz CT molecular complexity index is 783. The molecular weight excluding hydrogens is 326 g/mol. The Balaban J connectivity index is 1.94. The van der Waals surface area contributed by atoms with E-state index in [-0.39, 0.29) is 23.2 Å². The second-order valence-electron chi connectivity index (χ2n) is 6.32. The molecule has 6 nitrogen and oxygen atoms in total. The molecule has 0 spiro atoms. The van der Waals surface area contributed by atoms with Crippen molar-refractivity contribution in [2.24, 2.45) is 4.99 Å². The number of amides is 2. The molecule has 3 rings (SSSR count). The highest BCUT2D eigenvalue weighted by molar-refractivity contribution is 8.18. The van der Waals surface area contributed by atoms with Crippen molar-refractivity contribution in [3.05, 3.63) is 34.7 Å². The van der Waals surface area contributed by atoms with Crippen LogP contribution >= 0.6 is 11.8 Å². The van der Waals surface area contributed by atoms with E-state index in [1.807, 2.05) is 37.9 Å². The number of hydrogen-bond acceptors (Lipinski definition) is 6. The summed E-state index contributed by atoms with van der Waals surface area (Å²) in [5.41, 5.74) is 3.31. The fourth-order valence-electron chi connectivity index (χ4n) is 2.80. The SMILES string of the molecule is CN(CCO)c1ccc2c(c1)C(C)(C)C(/C=C1\SC(=O)NC1=O)=N2. The van der Waals surface area contributed by atoms with Gasteiger partial charge in [0.1, 0.15) is 0 Å². The van der Waals surface area contributed by atoms with Gasteiger partial charge in [0.15, 0.2) is 0 Å². The Morgan fingerprint density at radius 2 is 2.12 bits per heavy atom. The molecule has 0 radical (unpaired) electrons. The van der Waals surface area contributed by atoms with Gasteiger partial charge >= 0.3 is 0 Å². The number of imide groups is 1. The molecule has 1 fully saturated rings. The molecule has 1 saturated heterocycles. The number of nitrogens with zero attached hydrogens (tertiary/aromatic N) is 2. The quantitative estimate of drug-likeness (QED) is 0.819. The van der Waals surface area contributed by atoms with Crippen molar-refractivity contribution in [1.29, 1.82) is 0 Å². The predicted octanol–water partition coefficient (Wildman–Crippen LogP) is 2.35. The van der Waals surface area contributed by atoms with Crippen LogP contribution in [0, 0.1) is 0 Å². The van der Waals surface area contributed by atoms with Crippen LogP contribution in [-0.4, -0.2) is 42.2 Å². The zero-order valence-electron chi connectivity index (χ0n) is 13.8. The first-order chi connectivity index (χ1) is 11.3. The van der Waals surface area contributed by atoms with Crippen LogP contribution in [0.5, 0.6) is 0 Å². The smallest absolute Gasteiger partial charge is 0.290 e. The highest BCUT2D eigenvalue weighted by atomic mass is 32.2. The monoisotopic (exact) mass is 345 g/mol. The standard InChI is InChI=1S/C17H19N3O3S/c1-17(2)11-8-10(20(3)6-7-21)4-5-12(11)18-14(17)9-13-15(22)19-16(23)24-13/h4-5,8-9,21H,6-7H2,1-3H3,(H,19,22,23)/b13-9-. The zero-order chi connectivity index (χ0) is 17.5. The number of aliphatic imine (C=N–C) groups is 1. The summed E-state index contributed by atoms with van der Waals surface area (Å²) in [4.78, 5) is 30.1. The topological polar surface area (TPSA) is 82.0 Å². The average molecular weight is 345 g/mol. The van der Waals surface area contributed by atoms with E-state index < -0.39 is 0 Å². The lowest BCUT2D eigenvalue weighted by Crippen LogP contribution is -2.26. The van der Waals surface area contributed by atoms with Gasteiger partial charge in [-0.15, -0.1) is 0 Å². The number of aliphatic hydroxyl groups is 1. The average Bonchev–Trinajstić information content (AvgIpc) is 2.96. The Morgan fingerprint density at radius 1 is 1.38 bits per heavy atom. The summed E-state index contributed by atoms with van der Waals surface area (Å²) in [5.74, 6) is -0.372. The summed E-state index contributed by atoms with van der Waals surface area (Å²) in [6, 6.07) is 5.97. The van der Waals surface area contributed by atoms with E-state index in [1.54, 1.807) is 6.08 Å². The minimum atomic E-state index is -0.372. The Morgan fingerprint density at radius 3 is 2.75 bits per heavy atom. The lowest BCUT2D eigenvalue weighted by Gasteiger charge is -2.24. The van der Waals surface area contributed by atoms with Gasteiger partial charge in [0, 0.05) is 24.7 Å². The molecule has 2 amide bonds. The van der Waals surface area contributed by atoms with E-state index in [0.29, 0.717) is 11.4 Å². The van der Waals surface area contributed by atoms with E-state index in [4.69, 9.17) is 5.11 Å². The molecule has 2 heterocycles. The number of likely N-dealkylation sites (N-methyl/N-ethyl adjacent to an activating group) is 1. The number of aliphatic hydroxyl groups excluding tert-OH is 1. The molecule has 0 saturated carbocycles. The molecule has 7 heteroatoms. The summed E-state index contributed by atoms with van der Waals surface area (Å²) in [6.45, 7) is 4.73. The third kappa shape index (κ3) is 2.85. The van der Waals surface area contributed by atoms with Crippen LogP contribution in [0.15, 0.2) is 34.2 Å². The molecule has 126 valence electrons. The molecule has 24 heavy (non-hydrogen) atoms. The number of benzene rings is 1. The number of rotatable bonds is 4. The zero-order valence-corrected chi connectivity index (χ0v) is 14.6. The molecule has 0 unspecified atom stereocenters. The van der Waals surface area contributed by atoms with Gasteiger partial charge in [-0.3, -0.25) is 19.9 Å². The van der Waals surface area contributed by atoms with Crippen molar-refractivity contribution in [3.63, 3.8) is 0 Å². The maximum Gasteiger partial charge on any atom is 0.290 e. The minimum absolute atomic E-state index is 0.0885. The summed E-state index contributed by atoms with van der Waals surface area (Å²) >= 11 is 0.899. The second-order valence-corrected chi connectivity index (χ2v) is 7.34. The van der Waals surface area contributed by atoms with Gasteiger partial charge in [0.05, 0.1) is 22.9 Å². The molecule has 2 N–H and O–H groups in total. The maximum atomic E-state index is 11.8. The number of nitrogens with one attached hydrogen (secondary N) is 1. The maximum absolute atomic E-state index is 11.8. The Kier molecular flexibility index (Phi) is 4.23. The first kappa shape index (κ1) is 16.7. The van der Waals surface area contributed by atoms with Crippen LogP contribution in [-0.2, 0) is 10.2 Å². The van der Waals surface area contributed by atoms with Crippen LogP contribution in [0.25, 0.3) is 0 Å².